The molecule has 0 spiro atoms. The fourth-order valence-electron chi connectivity index (χ4n) is 5.07. The van der Waals surface area contributed by atoms with Gasteiger partial charge in [-0.1, -0.05) is 6.07 Å². The van der Waals surface area contributed by atoms with Crippen molar-refractivity contribution < 1.29 is 33.0 Å². The lowest BCUT2D eigenvalue weighted by molar-refractivity contribution is -0.155. The summed E-state index contributed by atoms with van der Waals surface area (Å²) in [6.07, 6.45) is 0.623. The summed E-state index contributed by atoms with van der Waals surface area (Å²) in [7, 11) is 0. The molecule has 3 amide bonds. The van der Waals surface area contributed by atoms with Gasteiger partial charge in [-0.15, -0.1) is 0 Å². The quantitative estimate of drug-likeness (QED) is 0.548. The van der Waals surface area contributed by atoms with Gasteiger partial charge in [0.2, 0.25) is 5.91 Å². The molecule has 210 valence electrons. The van der Waals surface area contributed by atoms with Crippen LogP contribution in [0.5, 0.6) is 0 Å². The minimum Gasteiger partial charge on any atom is -0.460 e. The first-order valence-corrected chi connectivity index (χ1v) is 13.1. The van der Waals surface area contributed by atoms with Crippen LogP contribution in [0.15, 0.2) is 6.07 Å². The number of benzene rings is 1. The van der Waals surface area contributed by atoms with Gasteiger partial charge in [-0.3, -0.25) is 14.4 Å². The van der Waals surface area contributed by atoms with Crippen molar-refractivity contribution in [2.75, 3.05) is 13.1 Å². The maximum atomic E-state index is 15.9. The topological polar surface area (TPSA) is 119 Å². The molecule has 9 nitrogen and oxygen atoms in total. The third-order valence-corrected chi connectivity index (χ3v) is 6.72. The molecule has 1 unspecified atom stereocenters. The van der Waals surface area contributed by atoms with E-state index in [1.807, 2.05) is 20.8 Å². The monoisotopic (exact) mass is 533 g/mol. The summed E-state index contributed by atoms with van der Waals surface area (Å²) in [6, 6.07) is 0.630. The van der Waals surface area contributed by atoms with Gasteiger partial charge >= 0.3 is 12.1 Å². The number of hydrogen-bond acceptors (Lipinski definition) is 6. The number of carbonyl (C=O) groups is 4. The van der Waals surface area contributed by atoms with Crippen LogP contribution < -0.4 is 5.73 Å². The van der Waals surface area contributed by atoms with Crippen LogP contribution in [0, 0.1) is 12.7 Å². The van der Waals surface area contributed by atoms with Gasteiger partial charge in [0.25, 0.3) is 5.91 Å². The van der Waals surface area contributed by atoms with E-state index >= 15 is 4.39 Å². The molecule has 10 heteroatoms. The largest absolute Gasteiger partial charge is 0.460 e. The predicted octanol–water partition coefficient (Wildman–Crippen LogP) is 4.18. The average Bonchev–Trinajstić information content (AvgIpc) is 3.12. The number of primary amides is 1. The van der Waals surface area contributed by atoms with Crippen LogP contribution in [0.4, 0.5) is 9.18 Å². The normalized spacial score (nSPS) is 17.3. The zero-order valence-corrected chi connectivity index (χ0v) is 23.5. The number of likely N-dealkylation sites (tertiary alicyclic amines) is 1. The molecule has 0 aromatic heterocycles. The number of piperidine rings is 1. The first-order valence-electron chi connectivity index (χ1n) is 13.1. The number of esters is 1. The fourth-order valence-corrected chi connectivity index (χ4v) is 5.07. The summed E-state index contributed by atoms with van der Waals surface area (Å²) < 4.78 is 26.6. The van der Waals surface area contributed by atoms with Crippen LogP contribution >= 0.6 is 0 Å². The van der Waals surface area contributed by atoms with Gasteiger partial charge in [-0.25, -0.2) is 9.18 Å². The standard InChI is InChI=1S/C28H40FN3O6/c1-16-14-18(17-10-12-31(13-11-17)26(36)38-28(5,6)7)23(29)19-15-32(25(35)22(16)19)20(24(30)34)8-9-21(33)37-27(2,3)4/h14,17,20H,8-13,15H2,1-7H3,(H2,30,34). The summed E-state index contributed by atoms with van der Waals surface area (Å²) in [4.78, 5) is 53.0. The minimum atomic E-state index is -1.07. The first kappa shape index (κ1) is 29.4. The molecule has 3 rings (SSSR count). The molecule has 1 atom stereocenters. The third-order valence-electron chi connectivity index (χ3n) is 6.72. The Morgan fingerprint density at radius 1 is 1.08 bits per heavy atom. The number of carbonyl (C=O) groups excluding carboxylic acids is 4. The number of rotatable bonds is 6. The molecule has 2 aliphatic heterocycles. The van der Waals surface area contributed by atoms with Crippen LogP contribution in [-0.4, -0.2) is 64.0 Å². The Morgan fingerprint density at radius 3 is 2.18 bits per heavy atom. The van der Waals surface area contributed by atoms with Crippen LogP contribution in [0.1, 0.15) is 100 Å². The van der Waals surface area contributed by atoms with Gasteiger partial charge in [0.15, 0.2) is 0 Å². The number of nitrogens with zero attached hydrogens (tertiary/aromatic N) is 2. The number of amides is 3. The van der Waals surface area contributed by atoms with Crippen molar-refractivity contribution >= 4 is 23.9 Å². The Kier molecular flexibility index (Phi) is 8.43. The van der Waals surface area contributed by atoms with Crippen molar-refractivity contribution in [2.24, 2.45) is 5.73 Å². The minimum absolute atomic E-state index is 0.0133. The van der Waals surface area contributed by atoms with Crippen LogP contribution in [0.2, 0.25) is 0 Å². The molecular formula is C28H40FN3O6. The molecule has 0 radical (unpaired) electrons. The summed E-state index contributed by atoms with van der Waals surface area (Å²) >= 11 is 0. The Labute approximate surface area is 223 Å². The molecule has 2 aliphatic rings. The second-order valence-corrected chi connectivity index (χ2v) is 12.2. The van der Waals surface area contributed by atoms with Crippen LogP contribution in [-0.2, 0) is 25.6 Å². The van der Waals surface area contributed by atoms with E-state index in [4.69, 9.17) is 15.2 Å². The average molecular weight is 534 g/mol. The van der Waals surface area contributed by atoms with E-state index in [2.05, 4.69) is 0 Å². The van der Waals surface area contributed by atoms with Gasteiger partial charge in [0.1, 0.15) is 23.1 Å². The molecule has 0 bridgehead atoms. The molecule has 2 heterocycles. The fraction of sp³-hybridized carbons (Fsp3) is 0.643. The molecule has 2 N–H and O–H groups in total. The highest BCUT2D eigenvalue weighted by Crippen LogP contribution is 2.38. The van der Waals surface area contributed by atoms with Crippen LogP contribution in [0.25, 0.3) is 0 Å². The number of nitrogens with two attached hydrogens (primary N) is 1. The predicted molar refractivity (Wildman–Crippen MR) is 139 cm³/mol. The maximum absolute atomic E-state index is 15.9. The second-order valence-electron chi connectivity index (χ2n) is 12.2. The summed E-state index contributed by atoms with van der Waals surface area (Å²) in [5, 5.41) is 0. The van der Waals surface area contributed by atoms with Crippen molar-refractivity contribution in [3.8, 4) is 0 Å². The number of aryl methyl sites for hydroxylation is 1. The van der Waals surface area contributed by atoms with Crippen molar-refractivity contribution in [1.82, 2.24) is 9.80 Å². The van der Waals surface area contributed by atoms with Crippen molar-refractivity contribution in [2.45, 2.75) is 104 Å². The highest BCUT2D eigenvalue weighted by Gasteiger charge is 2.40. The van der Waals surface area contributed by atoms with E-state index < -0.39 is 40.8 Å². The van der Waals surface area contributed by atoms with Crippen molar-refractivity contribution in [1.29, 1.82) is 0 Å². The van der Waals surface area contributed by atoms with E-state index in [1.54, 1.807) is 38.7 Å². The van der Waals surface area contributed by atoms with E-state index in [0.717, 1.165) is 0 Å². The SMILES string of the molecule is Cc1cc(C2CCN(C(=O)OC(C)(C)C)CC2)c(F)c2c1C(=O)N(C(CCC(=O)OC(C)(C)C)C(N)=O)C2. The van der Waals surface area contributed by atoms with E-state index in [0.29, 0.717) is 37.1 Å². The van der Waals surface area contributed by atoms with Gasteiger partial charge in [-0.05, 0) is 84.8 Å². The lowest BCUT2D eigenvalue weighted by Crippen LogP contribution is -2.45. The summed E-state index contributed by atoms with van der Waals surface area (Å²) in [6.45, 7) is 13.2. The third kappa shape index (κ3) is 6.82. The van der Waals surface area contributed by atoms with Gasteiger partial charge in [0.05, 0.1) is 12.1 Å². The Bertz CT molecular complexity index is 1110. The van der Waals surface area contributed by atoms with Crippen molar-refractivity contribution in [3.63, 3.8) is 0 Å². The van der Waals surface area contributed by atoms with E-state index in [9.17, 15) is 19.2 Å². The number of ether oxygens (including phenoxy) is 2. The smallest absolute Gasteiger partial charge is 0.410 e. The molecular weight excluding hydrogens is 493 g/mol. The summed E-state index contributed by atoms with van der Waals surface area (Å²) in [5.41, 5.74) is 5.93. The molecule has 1 saturated heterocycles. The highest BCUT2D eigenvalue weighted by atomic mass is 19.1. The van der Waals surface area contributed by atoms with E-state index in [-0.39, 0.29) is 42.5 Å². The molecule has 38 heavy (non-hydrogen) atoms. The van der Waals surface area contributed by atoms with Gasteiger partial charge in [0, 0.05) is 25.1 Å². The first-order chi connectivity index (χ1) is 17.5. The lowest BCUT2D eigenvalue weighted by Gasteiger charge is -2.34. The zero-order valence-electron chi connectivity index (χ0n) is 23.5. The lowest BCUT2D eigenvalue weighted by atomic mass is 9.86. The molecule has 1 aromatic carbocycles. The molecule has 0 aliphatic carbocycles. The van der Waals surface area contributed by atoms with Crippen molar-refractivity contribution in [3.05, 3.63) is 34.1 Å². The maximum Gasteiger partial charge on any atom is 0.410 e. The van der Waals surface area contributed by atoms with Crippen LogP contribution in [0.3, 0.4) is 0 Å². The Hall–Kier alpha value is -3.17. The van der Waals surface area contributed by atoms with Gasteiger partial charge < -0.3 is 25.0 Å². The Balaban J connectivity index is 1.75. The molecule has 1 aromatic rings. The van der Waals surface area contributed by atoms with E-state index in [1.165, 1.54) is 4.90 Å². The molecule has 1 fully saturated rings. The zero-order chi connectivity index (χ0) is 28.6. The van der Waals surface area contributed by atoms with Gasteiger partial charge in [-0.2, -0.15) is 0 Å². The summed E-state index contributed by atoms with van der Waals surface area (Å²) in [5.74, 6) is -2.33. The number of fused-ring (bicyclic) bond motifs is 1. The second kappa shape index (κ2) is 10.9. The number of hydrogen-bond donors (Lipinski definition) is 1. The highest BCUT2D eigenvalue weighted by molar-refractivity contribution is 6.02. The Morgan fingerprint density at radius 2 is 1.66 bits per heavy atom. The number of halogens is 1. The molecule has 0 saturated carbocycles.